The molecule has 0 saturated heterocycles. The number of anilines is 1. The van der Waals surface area contributed by atoms with E-state index in [2.05, 4.69) is 17.6 Å². The predicted octanol–water partition coefficient (Wildman–Crippen LogP) is 3.18. The van der Waals surface area contributed by atoms with Gasteiger partial charge in [0.05, 0.1) is 10.6 Å². The molecule has 0 saturated carbocycles. The molecule has 6 heteroatoms. The molecule has 128 valence electrons. The maximum atomic E-state index is 12.4. The molecule has 0 aliphatic rings. The van der Waals surface area contributed by atoms with Crippen molar-refractivity contribution in [1.82, 2.24) is 5.32 Å². The van der Waals surface area contributed by atoms with Crippen molar-refractivity contribution in [3.05, 3.63) is 28.8 Å². The third-order valence-electron chi connectivity index (χ3n) is 3.53. The summed E-state index contributed by atoms with van der Waals surface area (Å²) in [6.07, 6.45) is 2.88. The summed E-state index contributed by atoms with van der Waals surface area (Å²) in [4.78, 5) is 24.2. The van der Waals surface area contributed by atoms with Crippen LogP contribution in [0.2, 0.25) is 5.02 Å². The fraction of sp³-hybridized carbons (Fsp3) is 0.529. The second-order valence-electron chi connectivity index (χ2n) is 5.89. The Morgan fingerprint density at radius 3 is 2.57 bits per heavy atom. The molecule has 1 aromatic carbocycles. The van der Waals surface area contributed by atoms with E-state index in [4.69, 9.17) is 17.3 Å². The van der Waals surface area contributed by atoms with Crippen LogP contribution >= 0.6 is 11.6 Å². The maximum Gasteiger partial charge on any atom is 0.253 e. The van der Waals surface area contributed by atoms with Crippen LogP contribution in [0.15, 0.2) is 18.2 Å². The average Bonchev–Trinajstić information content (AvgIpc) is 2.52. The topological polar surface area (TPSA) is 84.2 Å². The van der Waals surface area contributed by atoms with E-state index in [0.29, 0.717) is 22.8 Å². The van der Waals surface area contributed by atoms with Crippen molar-refractivity contribution in [3.8, 4) is 0 Å². The normalized spacial score (nSPS) is 12.1. The molecule has 1 atom stereocenters. The molecule has 0 aromatic heterocycles. The van der Waals surface area contributed by atoms with E-state index in [9.17, 15) is 9.59 Å². The van der Waals surface area contributed by atoms with Crippen LogP contribution < -0.4 is 16.4 Å². The minimum absolute atomic E-state index is 0.0765. The number of amides is 2. The molecule has 1 aromatic rings. The number of rotatable bonds is 8. The lowest BCUT2D eigenvalue weighted by molar-refractivity contribution is -0.118. The van der Waals surface area contributed by atoms with Crippen molar-refractivity contribution >= 4 is 29.1 Å². The van der Waals surface area contributed by atoms with Gasteiger partial charge in [0.25, 0.3) is 5.91 Å². The smallest absolute Gasteiger partial charge is 0.253 e. The van der Waals surface area contributed by atoms with Crippen molar-refractivity contribution in [1.29, 1.82) is 0 Å². The largest absolute Gasteiger partial charge is 0.348 e. The fourth-order valence-electron chi connectivity index (χ4n) is 2.03. The standard InChI is InChI=1S/C17H26ClN3O2/c1-4-5-6-13(10-19)21-17(23)14-9-12(7-8-15(14)18)20-16(22)11(2)3/h7-9,11,13H,4-6,10,19H2,1-3H3,(H,20,22)(H,21,23). The van der Waals surface area contributed by atoms with Crippen molar-refractivity contribution in [2.45, 2.75) is 46.1 Å². The molecular weight excluding hydrogens is 314 g/mol. The molecule has 0 spiro atoms. The summed E-state index contributed by atoms with van der Waals surface area (Å²) in [5.74, 6) is -0.526. The third-order valence-corrected chi connectivity index (χ3v) is 3.86. The number of carbonyl (C=O) groups is 2. The molecule has 1 unspecified atom stereocenters. The van der Waals surface area contributed by atoms with Crippen molar-refractivity contribution in [3.63, 3.8) is 0 Å². The first-order valence-corrected chi connectivity index (χ1v) is 8.38. The first kappa shape index (κ1) is 19.5. The number of nitrogens with two attached hydrogens (primary N) is 1. The second-order valence-corrected chi connectivity index (χ2v) is 6.29. The number of benzene rings is 1. The monoisotopic (exact) mass is 339 g/mol. The maximum absolute atomic E-state index is 12.4. The highest BCUT2D eigenvalue weighted by atomic mass is 35.5. The molecule has 23 heavy (non-hydrogen) atoms. The molecule has 0 radical (unpaired) electrons. The van der Waals surface area contributed by atoms with Gasteiger partial charge < -0.3 is 16.4 Å². The molecule has 4 N–H and O–H groups in total. The van der Waals surface area contributed by atoms with Crippen LogP contribution in [0.3, 0.4) is 0 Å². The quantitative estimate of drug-likeness (QED) is 0.680. The second kappa shape index (κ2) is 9.53. The summed E-state index contributed by atoms with van der Waals surface area (Å²) in [7, 11) is 0. The molecule has 0 aliphatic carbocycles. The number of halogens is 1. The van der Waals surface area contributed by atoms with E-state index in [-0.39, 0.29) is 23.8 Å². The van der Waals surface area contributed by atoms with E-state index in [0.717, 1.165) is 19.3 Å². The van der Waals surface area contributed by atoms with Crippen LogP contribution in [-0.4, -0.2) is 24.4 Å². The molecule has 0 fully saturated rings. The summed E-state index contributed by atoms with van der Waals surface area (Å²) in [6, 6.07) is 4.80. The summed E-state index contributed by atoms with van der Waals surface area (Å²) >= 11 is 6.12. The number of carbonyl (C=O) groups excluding carboxylic acids is 2. The third kappa shape index (κ3) is 6.20. The van der Waals surface area contributed by atoms with Gasteiger partial charge in [-0.05, 0) is 24.6 Å². The Labute approximate surface area is 143 Å². The highest BCUT2D eigenvalue weighted by Gasteiger charge is 2.16. The summed E-state index contributed by atoms with van der Waals surface area (Å²) in [5, 5.41) is 6.01. The predicted molar refractivity (Wildman–Crippen MR) is 94.8 cm³/mol. The Morgan fingerprint density at radius 1 is 1.30 bits per heavy atom. The van der Waals surface area contributed by atoms with E-state index in [1.54, 1.807) is 32.0 Å². The highest BCUT2D eigenvalue weighted by Crippen LogP contribution is 2.21. The van der Waals surface area contributed by atoms with E-state index in [1.165, 1.54) is 0 Å². The zero-order valence-corrected chi connectivity index (χ0v) is 14.7. The summed E-state index contributed by atoms with van der Waals surface area (Å²) in [5.41, 5.74) is 6.59. The average molecular weight is 340 g/mol. The van der Waals surface area contributed by atoms with E-state index < -0.39 is 0 Å². The van der Waals surface area contributed by atoms with Crippen LogP contribution in [0.1, 0.15) is 50.4 Å². The molecular formula is C17H26ClN3O2. The van der Waals surface area contributed by atoms with Gasteiger partial charge in [0, 0.05) is 24.2 Å². The van der Waals surface area contributed by atoms with Gasteiger partial charge in [-0.2, -0.15) is 0 Å². The number of unbranched alkanes of at least 4 members (excludes halogenated alkanes) is 1. The number of nitrogens with one attached hydrogen (secondary N) is 2. The molecule has 2 amide bonds. The number of hydrogen-bond donors (Lipinski definition) is 3. The van der Waals surface area contributed by atoms with Gasteiger partial charge in [0.15, 0.2) is 0 Å². The van der Waals surface area contributed by atoms with Gasteiger partial charge in [-0.15, -0.1) is 0 Å². The highest BCUT2D eigenvalue weighted by molar-refractivity contribution is 6.34. The van der Waals surface area contributed by atoms with E-state index in [1.807, 2.05) is 0 Å². The van der Waals surface area contributed by atoms with Gasteiger partial charge in [0.2, 0.25) is 5.91 Å². The van der Waals surface area contributed by atoms with Gasteiger partial charge in [-0.3, -0.25) is 9.59 Å². The Morgan fingerprint density at radius 2 is 2.00 bits per heavy atom. The summed E-state index contributed by atoms with van der Waals surface area (Å²) in [6.45, 7) is 6.08. The molecule has 1 rings (SSSR count). The Bertz CT molecular complexity index is 547. The van der Waals surface area contributed by atoms with Gasteiger partial charge in [-0.1, -0.05) is 45.2 Å². The van der Waals surface area contributed by atoms with Crippen molar-refractivity contribution < 1.29 is 9.59 Å². The van der Waals surface area contributed by atoms with Crippen LogP contribution in [0.4, 0.5) is 5.69 Å². The molecule has 0 bridgehead atoms. The lowest BCUT2D eigenvalue weighted by Crippen LogP contribution is -2.40. The minimum atomic E-state index is -0.276. The Kier molecular flexibility index (Phi) is 8.06. The Hall–Kier alpha value is -1.59. The zero-order chi connectivity index (χ0) is 17.4. The van der Waals surface area contributed by atoms with Crippen molar-refractivity contribution in [2.75, 3.05) is 11.9 Å². The molecule has 0 aliphatic heterocycles. The van der Waals surface area contributed by atoms with Gasteiger partial charge in [-0.25, -0.2) is 0 Å². The first-order valence-electron chi connectivity index (χ1n) is 8.00. The minimum Gasteiger partial charge on any atom is -0.348 e. The fourth-order valence-corrected chi connectivity index (χ4v) is 2.23. The van der Waals surface area contributed by atoms with Crippen LogP contribution in [0.5, 0.6) is 0 Å². The lowest BCUT2D eigenvalue weighted by atomic mass is 10.1. The molecule has 0 heterocycles. The van der Waals surface area contributed by atoms with Crippen LogP contribution in [0.25, 0.3) is 0 Å². The van der Waals surface area contributed by atoms with E-state index >= 15 is 0 Å². The van der Waals surface area contributed by atoms with Gasteiger partial charge >= 0.3 is 0 Å². The number of hydrogen-bond acceptors (Lipinski definition) is 3. The summed E-state index contributed by atoms with van der Waals surface area (Å²) < 4.78 is 0. The SMILES string of the molecule is CCCCC(CN)NC(=O)c1cc(NC(=O)C(C)C)ccc1Cl. The lowest BCUT2D eigenvalue weighted by Gasteiger charge is -2.17. The molecule has 5 nitrogen and oxygen atoms in total. The Balaban J connectivity index is 2.85. The van der Waals surface area contributed by atoms with Crippen molar-refractivity contribution in [2.24, 2.45) is 11.7 Å². The van der Waals surface area contributed by atoms with Crippen LogP contribution in [-0.2, 0) is 4.79 Å². The first-order chi connectivity index (χ1) is 10.9. The zero-order valence-electron chi connectivity index (χ0n) is 14.0. The van der Waals surface area contributed by atoms with Crippen LogP contribution in [0, 0.1) is 5.92 Å². The van der Waals surface area contributed by atoms with Gasteiger partial charge in [0.1, 0.15) is 0 Å².